The first-order chi connectivity index (χ1) is 54.5. The summed E-state index contributed by atoms with van der Waals surface area (Å²) in [6.45, 7) is 0.866. The number of ether oxygens (including phenoxy) is 1. The predicted molar refractivity (Wildman–Crippen MR) is 393 cm³/mol. The van der Waals surface area contributed by atoms with Gasteiger partial charge < -0.3 is 117 Å². The number of ketones is 1. The number of Topliss-reactive ketones (excluding diaryl/α,β-unsaturated/α-hetero) is 1. The zero-order valence-electron chi connectivity index (χ0n) is 63.6. The minimum atomic E-state index is -4.80. The fourth-order valence-corrected chi connectivity index (χ4v) is 11.3. The number of amides is 14. The Kier molecular flexibility index (Phi) is 40.9. The van der Waals surface area contributed by atoms with E-state index < -0.39 is 280 Å². The van der Waals surface area contributed by atoms with Crippen molar-refractivity contribution in [3.63, 3.8) is 0 Å². The number of anilines is 1. The van der Waals surface area contributed by atoms with Crippen molar-refractivity contribution < 1.29 is 139 Å². The molecule has 0 saturated carbocycles. The van der Waals surface area contributed by atoms with Crippen molar-refractivity contribution in [1.82, 2.24) is 69.1 Å². The Morgan fingerprint density at radius 2 is 1.07 bits per heavy atom. The molecule has 640 valence electrons. The van der Waals surface area contributed by atoms with E-state index in [1.165, 1.54) is 18.2 Å². The van der Waals surface area contributed by atoms with Crippen molar-refractivity contribution in [2.45, 2.75) is 216 Å². The van der Waals surface area contributed by atoms with E-state index in [2.05, 4.69) is 42.5 Å². The highest BCUT2D eigenvalue weighted by molar-refractivity contribution is 6.05. The van der Waals surface area contributed by atoms with Gasteiger partial charge in [0.25, 0.3) is 0 Å². The van der Waals surface area contributed by atoms with Gasteiger partial charge in [-0.05, 0) is 75.4 Å². The highest BCUT2D eigenvalue weighted by atomic mass is 19.4. The number of aliphatic carboxylic acids is 4. The van der Waals surface area contributed by atoms with Gasteiger partial charge in [0.15, 0.2) is 5.78 Å². The van der Waals surface area contributed by atoms with Crippen LogP contribution < -0.4 is 86.3 Å². The molecule has 24 N–H and O–H groups in total. The van der Waals surface area contributed by atoms with Crippen LogP contribution in [0.25, 0.3) is 0 Å². The summed E-state index contributed by atoms with van der Waals surface area (Å²) < 4.78 is 46.4. The molecule has 1 aliphatic rings. The van der Waals surface area contributed by atoms with Gasteiger partial charge in [0.05, 0.1) is 57.4 Å². The minimum absolute atomic E-state index is 0.0348. The molecule has 0 aliphatic carbocycles. The normalized spacial score (nSPS) is 21.2. The second-order valence-corrected chi connectivity index (χ2v) is 27.1. The smallest absolute Gasteiger partial charge is 0.416 e. The van der Waals surface area contributed by atoms with Crippen LogP contribution in [0.5, 0.6) is 0 Å². The Hall–Kier alpha value is -12.5. The van der Waals surface area contributed by atoms with Gasteiger partial charge in [-0.2, -0.15) is 13.2 Å². The van der Waals surface area contributed by atoms with E-state index in [0.29, 0.717) is 25.0 Å². The Labute approximate surface area is 660 Å². The number of benzene rings is 2. The third kappa shape index (κ3) is 34.9. The molecule has 2 aromatic carbocycles. The topological polar surface area (TPSA) is 686 Å². The zero-order valence-corrected chi connectivity index (χ0v) is 63.6. The number of nitrogen functional groups attached to an aromatic ring is 1. The van der Waals surface area contributed by atoms with E-state index in [-0.39, 0.29) is 36.2 Å². The van der Waals surface area contributed by atoms with E-state index in [0.717, 1.165) is 71.1 Å². The molecule has 42 nitrogen and oxygen atoms in total. The number of esters is 1. The van der Waals surface area contributed by atoms with Gasteiger partial charge in [0.1, 0.15) is 72.6 Å². The molecule has 14 amide bonds. The van der Waals surface area contributed by atoms with Crippen LogP contribution in [0.2, 0.25) is 0 Å². The average molecular weight is 1650 g/mol. The first kappa shape index (κ1) is 97.7. The number of para-hydroxylation sites is 1. The number of carboxylic acid groups (broad SMARTS) is 4. The summed E-state index contributed by atoms with van der Waals surface area (Å²) in [6, 6.07) is -14.9. The number of carbonyl (C=O) groups excluding carboxylic acids is 16. The number of nitrogens with one attached hydrogen (secondary N) is 13. The maximum atomic E-state index is 14.8. The van der Waals surface area contributed by atoms with Crippen LogP contribution >= 0.6 is 0 Å². The highest BCUT2D eigenvalue weighted by Gasteiger charge is 2.41. The largest absolute Gasteiger partial charge is 0.481 e. The maximum Gasteiger partial charge on any atom is 0.416 e. The van der Waals surface area contributed by atoms with Crippen LogP contribution in [0.3, 0.4) is 0 Å². The van der Waals surface area contributed by atoms with Gasteiger partial charge in [0, 0.05) is 30.5 Å². The van der Waals surface area contributed by atoms with E-state index in [9.17, 15) is 135 Å². The van der Waals surface area contributed by atoms with Gasteiger partial charge in [-0.3, -0.25) is 91.1 Å². The standard InChI is InChI=1S/C71H99F3N16O26/c1-5-6-7-8-9-10-11-18-51(94)82-42(25-37-19-21-38(22-20-37)71(72,73)74)64(109)85-43(27-50(77)93)65(110)87-46(30-57(103)104)66(111)90-59-36(4)116-70(115)47(26-49(92)39-15-12-13-16-40(39)76)88-69(114)58(34(2)24-54(97)98)89-67(112)48(33-91)83-53(96)31-78-61(106)44(28-55(99)100)84-60(105)35(3)80-63(108)45(29-56(101)102)86-62(107)41(17-14-23-75)81-52(95)32-79-68(59)113/h12-13,15-16,19-22,34-36,41-48,58-59,91H,5-11,14,17-18,23-33,75-76H2,1-4H3,(H2,77,93)(H,78,106)(H,79,113)(H,80,108)(H,81,95)(H,82,94)(H,83,96)(H,84,105)(H,85,109)(H,86,107)(H,87,110)(H,88,114)(H,89,112)(H,90,111)(H,97,98)(H,99,100)(H,101,102)(H,103,104)/t34-,35-,36-,41+,42+,43-,44+,45+,46+,47+,48-,58+,59+/m1/s1. The summed E-state index contributed by atoms with van der Waals surface area (Å²) in [5, 5.41) is 77.1. The lowest BCUT2D eigenvalue weighted by molar-refractivity contribution is -0.156. The van der Waals surface area contributed by atoms with Crippen LogP contribution in [-0.2, 0) is 108 Å². The molecular formula is C71H99F3N16O26. The number of hydrogen-bond acceptors (Lipinski definition) is 24. The molecule has 1 aliphatic heterocycles. The SMILES string of the molecule is CCCCCCCCCC(=O)N[C@@H](Cc1ccc(C(F)(F)F)cc1)C(=O)N[C@H](CC(N)=O)C(=O)N[C@@H](CC(=O)O)C(=O)N[C@@H]1C(=O)NCC(=O)N[C@@H](CCCN)C(=O)N[C@@H](CC(=O)O)C(=O)N[C@H](C)C(=O)N[C@@H](CC(=O)O)C(=O)NCC(=O)N[C@H](CO)C(=O)N[C@@H]([C@H](C)CC(=O)O)C(=O)N[C@@H](CC(=O)c2ccccc2N)C(=O)O[C@@H]1C. The molecule has 1 saturated heterocycles. The second kappa shape index (κ2) is 48.6. The molecule has 116 heavy (non-hydrogen) atoms. The fraction of sp³-hybridized carbons (Fsp3) is 0.549. The Bertz CT molecular complexity index is 3890. The van der Waals surface area contributed by atoms with Gasteiger partial charge in [0.2, 0.25) is 82.7 Å². The van der Waals surface area contributed by atoms with Crippen molar-refractivity contribution >= 4 is 124 Å². The zero-order chi connectivity index (χ0) is 87.3. The van der Waals surface area contributed by atoms with Gasteiger partial charge >= 0.3 is 36.0 Å². The maximum absolute atomic E-state index is 14.8. The number of aliphatic hydroxyl groups is 1. The molecule has 45 heteroatoms. The van der Waals surface area contributed by atoms with Crippen LogP contribution in [0.1, 0.15) is 152 Å². The Morgan fingerprint density at radius 3 is 1.62 bits per heavy atom. The molecule has 0 radical (unpaired) electrons. The lowest BCUT2D eigenvalue weighted by Gasteiger charge is -2.30. The van der Waals surface area contributed by atoms with Crippen molar-refractivity contribution in [2.24, 2.45) is 17.4 Å². The number of alkyl halides is 3. The predicted octanol–water partition coefficient (Wildman–Crippen LogP) is -5.08. The van der Waals surface area contributed by atoms with Crippen LogP contribution in [0, 0.1) is 5.92 Å². The van der Waals surface area contributed by atoms with Crippen molar-refractivity contribution in [3.05, 3.63) is 65.2 Å². The Balaban J connectivity index is 2.30. The molecule has 1 heterocycles. The summed E-state index contributed by atoms with van der Waals surface area (Å²) in [5.41, 5.74) is 15.7. The third-order valence-electron chi connectivity index (χ3n) is 17.5. The number of nitrogens with two attached hydrogens (primary N) is 3. The number of halogens is 3. The average Bonchev–Trinajstić information content (AvgIpc) is 0.841. The van der Waals surface area contributed by atoms with Crippen LogP contribution in [-0.4, -0.2) is 243 Å². The summed E-state index contributed by atoms with van der Waals surface area (Å²) in [6.07, 6.45) is -10.2. The molecule has 0 aromatic heterocycles. The number of rotatable bonds is 35. The number of carbonyl (C=O) groups is 20. The molecule has 0 spiro atoms. The molecule has 1 fully saturated rings. The Morgan fingerprint density at radius 1 is 0.552 bits per heavy atom. The second-order valence-electron chi connectivity index (χ2n) is 27.1. The van der Waals surface area contributed by atoms with Crippen molar-refractivity contribution in [1.29, 1.82) is 0 Å². The number of unbranched alkanes of at least 4 members (excludes halogenated alkanes) is 6. The van der Waals surface area contributed by atoms with E-state index in [1.54, 1.807) is 0 Å². The minimum Gasteiger partial charge on any atom is -0.481 e. The summed E-state index contributed by atoms with van der Waals surface area (Å²) in [4.78, 5) is 272. The van der Waals surface area contributed by atoms with E-state index in [4.69, 9.17) is 21.9 Å². The van der Waals surface area contributed by atoms with Gasteiger partial charge in [-0.1, -0.05) is 76.6 Å². The first-order valence-electron chi connectivity index (χ1n) is 36.6. The van der Waals surface area contributed by atoms with Crippen molar-refractivity contribution in [2.75, 3.05) is 32.0 Å². The molecule has 13 atom stereocenters. The third-order valence-corrected chi connectivity index (χ3v) is 17.5. The highest BCUT2D eigenvalue weighted by Crippen LogP contribution is 2.29. The van der Waals surface area contributed by atoms with E-state index in [1.807, 2.05) is 33.5 Å². The van der Waals surface area contributed by atoms with Gasteiger partial charge in [-0.15, -0.1) is 0 Å². The van der Waals surface area contributed by atoms with Gasteiger partial charge in [-0.25, -0.2) is 4.79 Å². The van der Waals surface area contributed by atoms with Crippen molar-refractivity contribution in [3.8, 4) is 0 Å². The number of carboxylic acids is 4. The summed E-state index contributed by atoms with van der Waals surface area (Å²) in [7, 11) is 0. The van der Waals surface area contributed by atoms with E-state index >= 15 is 0 Å². The quantitative estimate of drug-likeness (QED) is 0.0133. The summed E-state index contributed by atoms with van der Waals surface area (Å²) >= 11 is 0. The first-order valence-corrected chi connectivity index (χ1v) is 36.6. The number of cyclic esters (lactones) is 1. The number of primary amides is 1. The number of hydrogen-bond donors (Lipinski definition) is 21. The molecule has 0 bridgehead atoms. The lowest BCUT2D eigenvalue weighted by atomic mass is 9.96. The summed E-state index contributed by atoms with van der Waals surface area (Å²) in [5.74, 6) is -30.9. The molecular weight excluding hydrogens is 1550 g/mol. The fourth-order valence-electron chi connectivity index (χ4n) is 11.3. The lowest BCUT2D eigenvalue weighted by Crippen LogP contribution is -2.62. The van der Waals surface area contributed by atoms with Crippen LogP contribution in [0.4, 0.5) is 18.9 Å². The van der Waals surface area contributed by atoms with Crippen LogP contribution in [0.15, 0.2) is 48.5 Å². The molecule has 0 unspecified atom stereocenters. The molecule has 3 rings (SSSR count). The monoisotopic (exact) mass is 1650 g/mol. The number of aliphatic hydroxyl groups excluding tert-OH is 1. The molecule has 2 aromatic rings.